The van der Waals surface area contributed by atoms with Crippen molar-refractivity contribution in [2.24, 2.45) is 16.0 Å². The summed E-state index contributed by atoms with van der Waals surface area (Å²) in [5, 5.41) is 17.3. The molecule has 2 rings (SSSR count). The molecule has 0 aromatic heterocycles. The second kappa shape index (κ2) is 4.94. The summed E-state index contributed by atoms with van der Waals surface area (Å²) in [5.41, 5.74) is 6.48. The molecule has 1 aromatic carbocycles. The van der Waals surface area contributed by atoms with Crippen LogP contribution in [0.25, 0.3) is 0 Å². The normalized spacial score (nSPS) is 26.9. The lowest BCUT2D eigenvalue weighted by atomic mass is 9.87. The summed E-state index contributed by atoms with van der Waals surface area (Å²) in [4.78, 5) is 0. The lowest BCUT2D eigenvalue weighted by Crippen LogP contribution is -2.39. The van der Waals surface area contributed by atoms with Crippen LogP contribution < -0.4 is 5.73 Å². The molecule has 4 nitrogen and oxygen atoms in total. The van der Waals surface area contributed by atoms with Crippen LogP contribution in [0.3, 0.4) is 0 Å². The maximum Gasteiger partial charge on any atom is 0.144 e. The maximum atomic E-state index is 8.99. The average Bonchev–Trinajstić information content (AvgIpc) is 2.41. The van der Waals surface area contributed by atoms with Crippen molar-refractivity contribution in [2.75, 3.05) is 0 Å². The van der Waals surface area contributed by atoms with Crippen molar-refractivity contribution >= 4 is 5.69 Å². The average molecular weight is 238 g/mol. The molecule has 2 N–H and O–H groups in total. The highest BCUT2D eigenvalue weighted by atomic mass is 15.1. The molecular formula is C14H14N4. The zero-order valence-corrected chi connectivity index (χ0v) is 10.1. The molecule has 0 amide bonds. The van der Waals surface area contributed by atoms with Crippen LogP contribution in [0.2, 0.25) is 0 Å². The number of rotatable bonds is 2. The molecule has 1 aliphatic rings. The largest absolute Gasteiger partial charge is 0.307 e. The van der Waals surface area contributed by atoms with Gasteiger partial charge in [0.15, 0.2) is 0 Å². The number of hydrogen-bond donors (Lipinski definition) is 1. The van der Waals surface area contributed by atoms with Gasteiger partial charge in [0.1, 0.15) is 11.6 Å². The van der Waals surface area contributed by atoms with Crippen LogP contribution in [0.4, 0.5) is 5.69 Å². The van der Waals surface area contributed by atoms with Crippen LogP contribution in [0.5, 0.6) is 0 Å². The molecular weight excluding hydrogens is 224 g/mol. The molecule has 18 heavy (non-hydrogen) atoms. The summed E-state index contributed by atoms with van der Waals surface area (Å²) in [6.07, 6.45) is 5.33. The Hall–Kier alpha value is -2.25. The third-order valence-electron chi connectivity index (χ3n) is 2.88. The fraction of sp³-hybridized carbons (Fsp3) is 0.214. The van der Waals surface area contributed by atoms with Crippen LogP contribution in [-0.2, 0) is 0 Å². The molecule has 1 aromatic rings. The van der Waals surface area contributed by atoms with E-state index in [1.807, 2.05) is 43.3 Å². The molecule has 0 radical (unpaired) electrons. The summed E-state index contributed by atoms with van der Waals surface area (Å²) in [6.45, 7) is 1.83. The number of nitriles is 1. The van der Waals surface area contributed by atoms with Crippen molar-refractivity contribution in [1.82, 2.24) is 0 Å². The Kier molecular flexibility index (Phi) is 3.35. The lowest BCUT2D eigenvalue weighted by molar-refractivity contribution is 0.737. The molecule has 90 valence electrons. The van der Waals surface area contributed by atoms with Crippen LogP contribution in [0, 0.1) is 11.3 Å². The van der Waals surface area contributed by atoms with E-state index in [9.17, 15) is 0 Å². The van der Waals surface area contributed by atoms with E-state index >= 15 is 0 Å². The van der Waals surface area contributed by atoms with Crippen molar-refractivity contribution in [1.29, 1.82) is 5.26 Å². The highest BCUT2D eigenvalue weighted by molar-refractivity contribution is 5.42. The van der Waals surface area contributed by atoms with Crippen molar-refractivity contribution in [3.8, 4) is 6.07 Å². The van der Waals surface area contributed by atoms with Crippen LogP contribution >= 0.6 is 0 Å². The van der Waals surface area contributed by atoms with E-state index in [1.165, 1.54) is 0 Å². The molecule has 0 spiro atoms. The van der Waals surface area contributed by atoms with E-state index in [4.69, 9.17) is 11.0 Å². The number of azo groups is 1. The third kappa shape index (κ3) is 2.53. The van der Waals surface area contributed by atoms with Gasteiger partial charge < -0.3 is 5.73 Å². The fourth-order valence-electron chi connectivity index (χ4n) is 1.66. The van der Waals surface area contributed by atoms with Crippen LogP contribution in [0.1, 0.15) is 6.92 Å². The summed E-state index contributed by atoms with van der Waals surface area (Å²) in [7, 11) is 0. The maximum absolute atomic E-state index is 8.99. The van der Waals surface area contributed by atoms with E-state index < -0.39 is 5.54 Å². The Labute approximate surface area is 106 Å². The molecule has 0 fully saturated rings. The second-order valence-corrected chi connectivity index (χ2v) is 4.23. The standard InChI is InChI=1S/C14H14N4/c1-11-9-13(7-8-14(11,16)10-15)18-17-12-5-3-2-4-6-12/h2-9,13H,16H2,1H3. The zero-order chi connectivity index (χ0) is 13.0. The molecule has 2 atom stereocenters. The van der Waals surface area contributed by atoms with Crippen molar-refractivity contribution in [3.05, 3.63) is 54.1 Å². The number of benzene rings is 1. The molecule has 0 saturated carbocycles. The van der Waals surface area contributed by atoms with Gasteiger partial charge in [-0.3, -0.25) is 0 Å². The van der Waals surface area contributed by atoms with E-state index in [2.05, 4.69) is 16.3 Å². The summed E-state index contributed by atoms with van der Waals surface area (Å²) >= 11 is 0. The lowest BCUT2D eigenvalue weighted by Gasteiger charge is -2.23. The monoisotopic (exact) mass is 238 g/mol. The first kappa shape index (κ1) is 12.2. The zero-order valence-electron chi connectivity index (χ0n) is 10.1. The van der Waals surface area contributed by atoms with Gasteiger partial charge in [0, 0.05) is 0 Å². The van der Waals surface area contributed by atoms with E-state index in [-0.39, 0.29) is 6.04 Å². The third-order valence-corrected chi connectivity index (χ3v) is 2.88. The fourth-order valence-corrected chi connectivity index (χ4v) is 1.66. The predicted molar refractivity (Wildman–Crippen MR) is 70.2 cm³/mol. The van der Waals surface area contributed by atoms with Crippen LogP contribution in [0.15, 0.2) is 64.4 Å². The molecule has 0 saturated heterocycles. The highest BCUT2D eigenvalue weighted by Gasteiger charge is 2.27. The van der Waals surface area contributed by atoms with Gasteiger partial charge in [-0.1, -0.05) is 30.4 Å². The van der Waals surface area contributed by atoms with Crippen molar-refractivity contribution < 1.29 is 0 Å². The number of nitrogens with zero attached hydrogens (tertiary/aromatic N) is 3. The molecule has 0 aliphatic heterocycles. The minimum absolute atomic E-state index is 0.157. The highest BCUT2D eigenvalue weighted by Crippen LogP contribution is 2.22. The first-order valence-electron chi connectivity index (χ1n) is 5.68. The molecule has 2 unspecified atom stereocenters. The number of nitrogens with two attached hydrogens (primary N) is 1. The van der Waals surface area contributed by atoms with Crippen molar-refractivity contribution in [2.45, 2.75) is 18.5 Å². The van der Waals surface area contributed by atoms with Gasteiger partial charge >= 0.3 is 0 Å². The van der Waals surface area contributed by atoms with Gasteiger partial charge in [0.05, 0.1) is 11.8 Å². The Balaban J connectivity index is 2.13. The predicted octanol–water partition coefficient (Wildman–Crippen LogP) is 2.88. The quantitative estimate of drug-likeness (QED) is 0.635. The van der Waals surface area contributed by atoms with Gasteiger partial charge in [0.2, 0.25) is 0 Å². The number of hydrogen-bond acceptors (Lipinski definition) is 4. The SMILES string of the molecule is CC1=CC(N=Nc2ccccc2)C=CC1(N)C#N. The minimum Gasteiger partial charge on any atom is -0.307 e. The van der Waals surface area contributed by atoms with Gasteiger partial charge in [-0.15, -0.1) is 0 Å². The van der Waals surface area contributed by atoms with Gasteiger partial charge in [-0.25, -0.2) is 0 Å². The summed E-state index contributed by atoms with van der Waals surface area (Å²) in [6, 6.07) is 11.4. The van der Waals surface area contributed by atoms with E-state index in [1.54, 1.807) is 12.2 Å². The van der Waals surface area contributed by atoms with E-state index in [0.717, 1.165) is 11.3 Å². The van der Waals surface area contributed by atoms with Gasteiger partial charge in [-0.2, -0.15) is 15.5 Å². The molecule has 4 heteroatoms. The van der Waals surface area contributed by atoms with E-state index in [0.29, 0.717) is 0 Å². The topological polar surface area (TPSA) is 74.5 Å². The smallest absolute Gasteiger partial charge is 0.144 e. The van der Waals surface area contributed by atoms with Crippen LogP contribution in [-0.4, -0.2) is 11.6 Å². The minimum atomic E-state index is -1.00. The Morgan fingerprint density at radius 3 is 2.67 bits per heavy atom. The van der Waals surface area contributed by atoms with Crippen molar-refractivity contribution in [3.63, 3.8) is 0 Å². The Morgan fingerprint density at radius 2 is 2.06 bits per heavy atom. The molecule has 1 aliphatic carbocycles. The molecule has 0 bridgehead atoms. The summed E-state index contributed by atoms with van der Waals surface area (Å²) in [5.74, 6) is 0. The summed E-state index contributed by atoms with van der Waals surface area (Å²) < 4.78 is 0. The Morgan fingerprint density at radius 1 is 1.33 bits per heavy atom. The van der Waals surface area contributed by atoms with Gasteiger partial charge in [0.25, 0.3) is 0 Å². The first-order chi connectivity index (χ1) is 8.64. The first-order valence-corrected chi connectivity index (χ1v) is 5.68. The molecule has 0 heterocycles. The van der Waals surface area contributed by atoms with Gasteiger partial charge in [-0.05, 0) is 30.7 Å². The second-order valence-electron chi connectivity index (χ2n) is 4.23. The Bertz CT molecular complexity index is 551.